The van der Waals surface area contributed by atoms with Gasteiger partial charge in [0.1, 0.15) is 12.0 Å². The summed E-state index contributed by atoms with van der Waals surface area (Å²) in [5.74, 6) is -0.0436. The fraction of sp³-hybridized carbons (Fsp3) is 0.407. The van der Waals surface area contributed by atoms with Crippen LogP contribution in [0.3, 0.4) is 0 Å². The zero-order chi connectivity index (χ0) is 24.3. The first kappa shape index (κ1) is 22.4. The predicted molar refractivity (Wildman–Crippen MR) is 137 cm³/mol. The lowest BCUT2D eigenvalue weighted by molar-refractivity contribution is -0.146. The van der Waals surface area contributed by atoms with Crippen LogP contribution in [0.25, 0.3) is 21.0 Å². The van der Waals surface area contributed by atoms with Crippen molar-refractivity contribution >= 4 is 38.2 Å². The summed E-state index contributed by atoms with van der Waals surface area (Å²) in [6.07, 6.45) is 5.06. The summed E-state index contributed by atoms with van der Waals surface area (Å²) in [7, 11) is 0. The average Bonchev–Trinajstić information content (AvgIpc) is 3.58. The molecule has 2 N–H and O–H groups in total. The topological polar surface area (TPSA) is 73.5 Å². The highest BCUT2D eigenvalue weighted by atomic mass is 32.1. The molecule has 9 heteroatoms. The van der Waals surface area contributed by atoms with Gasteiger partial charge in [-0.2, -0.15) is 0 Å². The number of β-lactam (4-membered cyclic amide) rings is 1. The minimum absolute atomic E-state index is 0.0584. The molecule has 3 fully saturated rings. The molecule has 3 aliphatic rings. The van der Waals surface area contributed by atoms with E-state index in [-0.39, 0.29) is 29.4 Å². The number of nitrogens with one attached hydrogen (secondary N) is 2. The molecule has 1 amide bonds. The van der Waals surface area contributed by atoms with E-state index in [2.05, 4.69) is 37.6 Å². The molecule has 2 unspecified atom stereocenters. The SMILES string of the molecule is O=C1NCC12CCN(C(c1cc3sccc3cn1)N1CCOC(c3c(F)ccc4[nH]ccc34)C1)CC2. The van der Waals surface area contributed by atoms with Crippen LogP contribution in [-0.2, 0) is 9.53 Å². The Bertz CT molecular complexity index is 1440. The predicted octanol–water partition coefficient (Wildman–Crippen LogP) is 4.20. The molecule has 7 nitrogen and oxygen atoms in total. The third-order valence-corrected chi connectivity index (χ3v) is 9.16. The quantitative estimate of drug-likeness (QED) is 0.407. The number of fused-ring (bicyclic) bond motifs is 2. The Labute approximate surface area is 212 Å². The van der Waals surface area contributed by atoms with Gasteiger partial charge in [0, 0.05) is 71.7 Å². The molecule has 2 atom stereocenters. The molecular formula is C27H28FN5O2S. The number of aromatic amines is 1. The summed E-state index contributed by atoms with van der Waals surface area (Å²) in [6.45, 7) is 4.25. The third kappa shape index (κ3) is 3.56. The normalized spacial score (nSPS) is 23.7. The van der Waals surface area contributed by atoms with Crippen molar-refractivity contribution in [1.29, 1.82) is 0 Å². The Morgan fingerprint density at radius 3 is 2.86 bits per heavy atom. The van der Waals surface area contributed by atoms with E-state index in [0.717, 1.165) is 61.0 Å². The van der Waals surface area contributed by atoms with Crippen molar-refractivity contribution in [3.05, 3.63) is 65.2 Å². The van der Waals surface area contributed by atoms with Gasteiger partial charge in [-0.3, -0.25) is 19.6 Å². The maximum atomic E-state index is 15.1. The maximum Gasteiger partial charge on any atom is 0.228 e. The van der Waals surface area contributed by atoms with Crippen LogP contribution < -0.4 is 5.32 Å². The van der Waals surface area contributed by atoms with Crippen LogP contribution in [0.1, 0.15) is 36.4 Å². The molecule has 3 saturated heterocycles. The first-order valence-electron chi connectivity index (χ1n) is 12.6. The number of likely N-dealkylation sites (tertiary alicyclic amines) is 1. The van der Waals surface area contributed by atoms with Gasteiger partial charge < -0.3 is 15.0 Å². The van der Waals surface area contributed by atoms with Gasteiger partial charge in [-0.25, -0.2) is 4.39 Å². The number of carbonyl (C=O) groups excluding carboxylic acids is 1. The molecule has 6 heterocycles. The van der Waals surface area contributed by atoms with Crippen molar-refractivity contribution in [2.24, 2.45) is 5.41 Å². The molecule has 1 aromatic carbocycles. The van der Waals surface area contributed by atoms with Crippen molar-refractivity contribution in [2.75, 3.05) is 39.3 Å². The Morgan fingerprint density at radius 1 is 1.17 bits per heavy atom. The van der Waals surface area contributed by atoms with Gasteiger partial charge in [-0.05, 0) is 48.6 Å². The van der Waals surface area contributed by atoms with Gasteiger partial charge in [0.2, 0.25) is 5.91 Å². The van der Waals surface area contributed by atoms with E-state index < -0.39 is 0 Å². The lowest BCUT2D eigenvalue weighted by atomic mass is 9.72. The number of nitrogens with zero attached hydrogens (tertiary/aromatic N) is 3. The van der Waals surface area contributed by atoms with Gasteiger partial charge >= 0.3 is 0 Å². The molecule has 3 aromatic heterocycles. The minimum atomic E-state index is -0.375. The largest absolute Gasteiger partial charge is 0.371 e. The van der Waals surface area contributed by atoms with Crippen molar-refractivity contribution in [2.45, 2.75) is 25.1 Å². The highest BCUT2D eigenvalue weighted by Crippen LogP contribution is 2.41. The van der Waals surface area contributed by atoms with Crippen LogP contribution in [-0.4, -0.2) is 65.0 Å². The Kier molecular flexibility index (Phi) is 5.35. The van der Waals surface area contributed by atoms with E-state index in [4.69, 9.17) is 9.72 Å². The van der Waals surface area contributed by atoms with Crippen LogP contribution in [0, 0.1) is 11.2 Å². The number of morpholine rings is 1. The van der Waals surface area contributed by atoms with E-state index in [1.807, 2.05) is 18.5 Å². The summed E-state index contributed by atoms with van der Waals surface area (Å²) in [6, 6.07) is 9.51. The molecule has 36 heavy (non-hydrogen) atoms. The number of benzene rings is 1. The summed E-state index contributed by atoms with van der Waals surface area (Å²) in [5.41, 5.74) is 2.32. The van der Waals surface area contributed by atoms with Crippen LogP contribution in [0.15, 0.2) is 48.1 Å². The van der Waals surface area contributed by atoms with Gasteiger partial charge in [0.25, 0.3) is 0 Å². The van der Waals surface area contributed by atoms with E-state index in [1.165, 1.54) is 10.8 Å². The first-order valence-corrected chi connectivity index (χ1v) is 13.5. The molecule has 0 aliphatic carbocycles. The number of hydrogen-bond donors (Lipinski definition) is 2. The van der Waals surface area contributed by atoms with Gasteiger partial charge in [-0.1, -0.05) is 0 Å². The number of carbonyl (C=O) groups is 1. The van der Waals surface area contributed by atoms with Gasteiger partial charge in [0.05, 0.1) is 23.8 Å². The van der Waals surface area contributed by atoms with E-state index >= 15 is 4.39 Å². The number of H-pyrrole nitrogens is 1. The van der Waals surface area contributed by atoms with Crippen molar-refractivity contribution < 1.29 is 13.9 Å². The second-order valence-corrected chi connectivity index (χ2v) is 11.1. The van der Waals surface area contributed by atoms with E-state index in [1.54, 1.807) is 17.4 Å². The fourth-order valence-electron chi connectivity index (χ4n) is 6.15. The van der Waals surface area contributed by atoms with E-state index in [0.29, 0.717) is 18.7 Å². The van der Waals surface area contributed by atoms with E-state index in [9.17, 15) is 4.79 Å². The molecule has 4 aromatic rings. The molecular weight excluding hydrogens is 477 g/mol. The third-order valence-electron chi connectivity index (χ3n) is 8.28. The number of amides is 1. The first-order chi connectivity index (χ1) is 17.6. The fourth-order valence-corrected chi connectivity index (χ4v) is 6.96. The lowest BCUT2D eigenvalue weighted by Crippen LogP contribution is -2.63. The summed E-state index contributed by atoms with van der Waals surface area (Å²) in [5, 5.41) is 7.04. The molecule has 0 saturated carbocycles. The zero-order valence-electron chi connectivity index (χ0n) is 19.9. The molecule has 0 bridgehead atoms. The van der Waals surface area contributed by atoms with Crippen LogP contribution >= 0.6 is 11.3 Å². The highest BCUT2D eigenvalue weighted by molar-refractivity contribution is 7.17. The van der Waals surface area contributed by atoms with Crippen molar-refractivity contribution in [1.82, 2.24) is 25.1 Å². The van der Waals surface area contributed by atoms with Crippen LogP contribution in [0.2, 0.25) is 0 Å². The maximum absolute atomic E-state index is 15.1. The number of pyridine rings is 1. The summed E-state index contributed by atoms with van der Waals surface area (Å²) >= 11 is 1.72. The molecule has 186 valence electrons. The molecule has 0 radical (unpaired) electrons. The average molecular weight is 506 g/mol. The lowest BCUT2D eigenvalue weighted by Gasteiger charge is -2.50. The Hall–Kier alpha value is -2.85. The standard InChI is InChI=1S/C27H28FN5O2S/c28-19-1-2-20-18(3-7-29-20)24(19)22-15-33(10-11-35-22)25(21-13-23-17(14-30-21)4-12-36-23)32-8-5-27(6-9-32)16-31-26(27)34/h1-4,7,12-14,22,25,29H,5-6,8-11,15-16H2,(H,31,34). The number of aromatic nitrogens is 2. The molecule has 3 aliphatic heterocycles. The summed E-state index contributed by atoms with van der Waals surface area (Å²) in [4.78, 5) is 25.2. The minimum Gasteiger partial charge on any atom is -0.371 e. The second-order valence-electron chi connectivity index (χ2n) is 10.2. The Balaban J connectivity index is 1.23. The number of halogens is 1. The monoisotopic (exact) mass is 505 g/mol. The van der Waals surface area contributed by atoms with Crippen LogP contribution in [0.4, 0.5) is 4.39 Å². The van der Waals surface area contributed by atoms with Gasteiger partial charge in [-0.15, -0.1) is 11.3 Å². The molecule has 1 spiro atoms. The van der Waals surface area contributed by atoms with Crippen molar-refractivity contribution in [3.63, 3.8) is 0 Å². The summed E-state index contributed by atoms with van der Waals surface area (Å²) < 4.78 is 22.5. The highest BCUT2D eigenvalue weighted by Gasteiger charge is 2.49. The van der Waals surface area contributed by atoms with Crippen molar-refractivity contribution in [3.8, 4) is 0 Å². The molecule has 7 rings (SSSR count). The van der Waals surface area contributed by atoms with Gasteiger partial charge in [0.15, 0.2) is 0 Å². The number of hydrogen-bond acceptors (Lipinski definition) is 6. The number of piperidine rings is 1. The van der Waals surface area contributed by atoms with Crippen LogP contribution in [0.5, 0.6) is 0 Å². The number of rotatable bonds is 4. The number of ether oxygens (including phenoxy) is 1. The number of thiophene rings is 1. The Morgan fingerprint density at radius 2 is 2.06 bits per heavy atom. The zero-order valence-corrected chi connectivity index (χ0v) is 20.7. The smallest absolute Gasteiger partial charge is 0.228 e. The second kappa shape index (κ2) is 8.62.